The van der Waals surface area contributed by atoms with Crippen LogP contribution < -0.4 is 5.32 Å². The van der Waals surface area contributed by atoms with Gasteiger partial charge in [0.2, 0.25) is 0 Å². The van der Waals surface area contributed by atoms with Crippen molar-refractivity contribution in [3.63, 3.8) is 0 Å². The lowest BCUT2D eigenvalue weighted by atomic mass is 9.98. The summed E-state index contributed by atoms with van der Waals surface area (Å²) in [6.07, 6.45) is 3.43. The Morgan fingerprint density at radius 3 is 2.31 bits per heavy atom. The number of nitro groups is 1. The number of ether oxygens (including phenoxy) is 2. The van der Waals surface area contributed by atoms with Gasteiger partial charge in [-0.2, -0.15) is 0 Å². The maximum atomic E-state index is 12.3. The van der Waals surface area contributed by atoms with Gasteiger partial charge in [-0.3, -0.25) is 10.1 Å². The SMILES string of the molecule is COC(=O)c1cc([N+](=O)[O-])cc(C=CCCNC(=O)OCC2c3ccccc3-c3ccccc32)c1C. The molecule has 8 heteroatoms. The molecule has 1 amide bonds. The molecule has 0 heterocycles. The van der Waals surface area contributed by atoms with Gasteiger partial charge in [0.1, 0.15) is 6.61 Å². The number of hydrogen-bond acceptors (Lipinski definition) is 6. The Kier molecular flexibility index (Phi) is 7.44. The number of nitrogens with zero attached hydrogens (tertiary/aromatic N) is 1. The molecular weight excluding hydrogens is 460 g/mol. The Morgan fingerprint density at radius 1 is 1.06 bits per heavy atom. The van der Waals surface area contributed by atoms with Gasteiger partial charge in [0.25, 0.3) is 5.69 Å². The van der Waals surface area contributed by atoms with Crippen molar-refractivity contribution in [3.05, 3.63) is 105 Å². The minimum atomic E-state index is -0.636. The summed E-state index contributed by atoms with van der Waals surface area (Å²) in [5, 5.41) is 14.0. The molecule has 8 nitrogen and oxygen atoms in total. The normalized spacial score (nSPS) is 12.2. The van der Waals surface area contributed by atoms with Crippen LogP contribution in [0.25, 0.3) is 17.2 Å². The standard InChI is InChI=1S/C28H26N2O6/c1-18-19(15-20(30(33)34)16-25(18)27(31)35-2)9-7-8-14-29-28(32)36-17-26-23-12-5-3-10-21(23)22-11-4-6-13-24(22)26/h3-7,9-13,15-16,26H,8,14,17H2,1-2H3,(H,29,32). The van der Waals surface area contributed by atoms with Gasteiger partial charge >= 0.3 is 12.1 Å². The van der Waals surface area contributed by atoms with Gasteiger partial charge in [0.05, 0.1) is 17.6 Å². The van der Waals surface area contributed by atoms with Gasteiger partial charge in [-0.25, -0.2) is 9.59 Å². The Morgan fingerprint density at radius 2 is 1.69 bits per heavy atom. The maximum Gasteiger partial charge on any atom is 0.407 e. The summed E-state index contributed by atoms with van der Waals surface area (Å²) >= 11 is 0. The number of rotatable bonds is 8. The molecule has 0 bridgehead atoms. The van der Waals surface area contributed by atoms with Crippen molar-refractivity contribution in [2.45, 2.75) is 19.3 Å². The Bertz CT molecular complexity index is 1300. The van der Waals surface area contributed by atoms with Crippen molar-refractivity contribution in [2.75, 3.05) is 20.3 Å². The number of carbonyl (C=O) groups is 2. The summed E-state index contributed by atoms with van der Waals surface area (Å²) in [6.45, 7) is 2.26. The molecule has 0 radical (unpaired) electrons. The lowest BCUT2D eigenvalue weighted by Crippen LogP contribution is -2.26. The molecule has 1 N–H and O–H groups in total. The summed E-state index contributed by atoms with van der Waals surface area (Å²) in [5.74, 6) is -0.647. The zero-order valence-corrected chi connectivity index (χ0v) is 20.0. The summed E-state index contributed by atoms with van der Waals surface area (Å²) in [7, 11) is 1.23. The molecular formula is C28H26N2O6. The first-order valence-electron chi connectivity index (χ1n) is 11.5. The number of methoxy groups -OCH3 is 1. The summed E-state index contributed by atoms with van der Waals surface area (Å²) in [4.78, 5) is 35.0. The summed E-state index contributed by atoms with van der Waals surface area (Å²) in [6, 6.07) is 18.9. The van der Waals surface area contributed by atoms with E-state index in [1.54, 1.807) is 19.1 Å². The zero-order chi connectivity index (χ0) is 25.7. The molecule has 0 spiro atoms. The molecule has 0 unspecified atom stereocenters. The van der Waals surface area contributed by atoms with Crippen LogP contribution in [-0.4, -0.2) is 37.2 Å². The van der Waals surface area contributed by atoms with Crippen molar-refractivity contribution in [3.8, 4) is 11.1 Å². The van der Waals surface area contributed by atoms with Crippen molar-refractivity contribution >= 4 is 23.8 Å². The van der Waals surface area contributed by atoms with E-state index in [0.29, 0.717) is 24.1 Å². The van der Waals surface area contributed by atoms with Crippen LogP contribution in [0.5, 0.6) is 0 Å². The highest BCUT2D eigenvalue weighted by Gasteiger charge is 2.28. The van der Waals surface area contributed by atoms with E-state index in [1.807, 2.05) is 24.3 Å². The number of amides is 1. The lowest BCUT2D eigenvalue weighted by Gasteiger charge is -2.14. The molecule has 0 aliphatic heterocycles. The summed E-state index contributed by atoms with van der Waals surface area (Å²) < 4.78 is 10.2. The van der Waals surface area contributed by atoms with Gasteiger partial charge < -0.3 is 14.8 Å². The number of benzene rings is 3. The van der Waals surface area contributed by atoms with E-state index >= 15 is 0 Å². The van der Waals surface area contributed by atoms with Crippen LogP contribution in [0, 0.1) is 17.0 Å². The predicted octanol–water partition coefficient (Wildman–Crippen LogP) is 5.63. The molecule has 0 saturated carbocycles. The first-order chi connectivity index (χ1) is 17.4. The first kappa shape index (κ1) is 24.7. The Balaban J connectivity index is 1.32. The number of fused-ring (bicyclic) bond motifs is 3. The lowest BCUT2D eigenvalue weighted by molar-refractivity contribution is -0.384. The Hall–Kier alpha value is -4.46. The van der Waals surface area contributed by atoms with Crippen LogP contribution in [0.15, 0.2) is 66.7 Å². The average Bonchev–Trinajstić information content (AvgIpc) is 3.21. The van der Waals surface area contributed by atoms with Gasteiger partial charge in [-0.05, 0) is 46.7 Å². The fourth-order valence-corrected chi connectivity index (χ4v) is 4.44. The molecule has 0 atom stereocenters. The van der Waals surface area contributed by atoms with Crippen LogP contribution in [0.1, 0.15) is 45.0 Å². The first-order valence-corrected chi connectivity index (χ1v) is 11.5. The number of non-ortho nitro benzene ring substituents is 1. The van der Waals surface area contributed by atoms with Crippen LogP contribution >= 0.6 is 0 Å². The molecule has 1 aliphatic rings. The number of nitro benzene ring substituents is 1. The van der Waals surface area contributed by atoms with Crippen molar-refractivity contribution in [1.29, 1.82) is 0 Å². The third-order valence-corrected chi connectivity index (χ3v) is 6.27. The van der Waals surface area contributed by atoms with Crippen molar-refractivity contribution < 1.29 is 24.0 Å². The number of nitrogens with one attached hydrogen (secondary N) is 1. The van der Waals surface area contributed by atoms with Crippen LogP contribution in [-0.2, 0) is 9.47 Å². The topological polar surface area (TPSA) is 108 Å². The molecule has 0 saturated heterocycles. The Labute approximate surface area is 208 Å². The van der Waals surface area contributed by atoms with Crippen LogP contribution in [0.4, 0.5) is 10.5 Å². The average molecular weight is 487 g/mol. The highest BCUT2D eigenvalue weighted by atomic mass is 16.6. The fourth-order valence-electron chi connectivity index (χ4n) is 4.44. The minimum Gasteiger partial charge on any atom is -0.465 e. The predicted molar refractivity (Wildman–Crippen MR) is 136 cm³/mol. The molecule has 36 heavy (non-hydrogen) atoms. The number of esters is 1. The quantitative estimate of drug-likeness (QED) is 0.191. The van der Waals surface area contributed by atoms with E-state index in [1.165, 1.54) is 30.4 Å². The molecule has 1 aliphatic carbocycles. The van der Waals surface area contributed by atoms with Crippen molar-refractivity contribution in [1.82, 2.24) is 5.32 Å². The second kappa shape index (κ2) is 10.9. The van der Waals surface area contributed by atoms with E-state index in [2.05, 4.69) is 29.6 Å². The molecule has 3 aromatic rings. The van der Waals surface area contributed by atoms with Crippen LogP contribution in [0.3, 0.4) is 0 Å². The maximum absolute atomic E-state index is 12.3. The number of alkyl carbamates (subject to hydrolysis) is 1. The fraction of sp³-hybridized carbons (Fsp3) is 0.214. The molecule has 3 aromatic carbocycles. The van der Waals surface area contributed by atoms with E-state index in [-0.39, 0.29) is 23.8 Å². The molecule has 4 rings (SSSR count). The van der Waals surface area contributed by atoms with E-state index < -0.39 is 17.0 Å². The second-order valence-electron chi connectivity index (χ2n) is 8.40. The van der Waals surface area contributed by atoms with Crippen molar-refractivity contribution in [2.24, 2.45) is 0 Å². The zero-order valence-electron chi connectivity index (χ0n) is 20.0. The third kappa shape index (κ3) is 5.12. The highest BCUT2D eigenvalue weighted by Crippen LogP contribution is 2.44. The monoisotopic (exact) mass is 486 g/mol. The van der Waals surface area contributed by atoms with Gasteiger partial charge in [0, 0.05) is 24.6 Å². The molecule has 0 aromatic heterocycles. The number of hydrogen-bond donors (Lipinski definition) is 1. The van der Waals surface area contributed by atoms with Gasteiger partial charge in [0.15, 0.2) is 0 Å². The largest absolute Gasteiger partial charge is 0.465 e. The van der Waals surface area contributed by atoms with E-state index in [0.717, 1.165) is 11.1 Å². The second-order valence-corrected chi connectivity index (χ2v) is 8.40. The minimum absolute atomic E-state index is 0.0103. The third-order valence-electron chi connectivity index (χ3n) is 6.27. The summed E-state index contributed by atoms with van der Waals surface area (Å²) in [5.41, 5.74) is 5.68. The van der Waals surface area contributed by atoms with E-state index in [9.17, 15) is 19.7 Å². The smallest absolute Gasteiger partial charge is 0.407 e. The van der Waals surface area contributed by atoms with Gasteiger partial charge in [-0.1, -0.05) is 60.7 Å². The highest BCUT2D eigenvalue weighted by molar-refractivity contribution is 5.93. The molecule has 184 valence electrons. The number of carbonyl (C=O) groups excluding carboxylic acids is 2. The van der Waals surface area contributed by atoms with E-state index in [4.69, 9.17) is 9.47 Å². The van der Waals surface area contributed by atoms with Gasteiger partial charge in [-0.15, -0.1) is 0 Å². The van der Waals surface area contributed by atoms with Crippen LogP contribution in [0.2, 0.25) is 0 Å². The molecule has 0 fully saturated rings.